The van der Waals surface area contributed by atoms with E-state index in [1.54, 1.807) is 0 Å². The quantitative estimate of drug-likeness (QED) is 0.345. The fraction of sp³-hybridized carbons (Fsp3) is 0.0714. The molecule has 1 aliphatic carbocycles. The second kappa shape index (κ2) is 15.0. The van der Waals surface area contributed by atoms with Crippen molar-refractivity contribution in [2.75, 3.05) is 0 Å². The van der Waals surface area contributed by atoms with Gasteiger partial charge in [-0.05, 0) is 0 Å². The van der Waals surface area contributed by atoms with E-state index in [0.29, 0.717) is 0 Å². The van der Waals surface area contributed by atoms with Gasteiger partial charge in [-0.15, -0.1) is 36.1 Å². The van der Waals surface area contributed by atoms with E-state index in [2.05, 4.69) is 116 Å². The number of benzene rings is 3. The van der Waals surface area contributed by atoms with Gasteiger partial charge in [-0.25, -0.2) is 12.2 Å². The Hall–Kier alpha value is -1.92. The predicted octanol–water partition coefficient (Wildman–Crippen LogP) is 0.983. The molecule has 0 spiro atoms. The summed E-state index contributed by atoms with van der Waals surface area (Å²) in [4.78, 5) is 0. The van der Waals surface area contributed by atoms with Crippen molar-refractivity contribution in [3.63, 3.8) is 0 Å². The largest absolute Gasteiger partial charge is 1.00 e. The van der Waals surface area contributed by atoms with Crippen LogP contribution in [0.5, 0.6) is 0 Å². The molecule has 4 aromatic rings. The van der Waals surface area contributed by atoms with Crippen LogP contribution in [0.25, 0.3) is 10.8 Å². The standard InChI is InChI=1S/C14H12.C9H7.C5H5.2ClH.Zr/c1-12-7-5-6-10-14(12)11-13-8-3-2-4-9-13;1-2-5-9-7-3-6-8(9)4-1;1-2-4-5-3-1;;;/h2-10H,1H3;1-7H;1-3H,4H2;2*1H;/q;2*-1;;;+2/p-2. The molecule has 4 aromatic carbocycles. The van der Waals surface area contributed by atoms with E-state index in [0.717, 1.165) is 6.42 Å². The number of hydrogen-bond donors (Lipinski definition) is 0. The van der Waals surface area contributed by atoms with Crippen LogP contribution in [0.4, 0.5) is 0 Å². The molecular formula is C28H24Cl2Zr-2. The summed E-state index contributed by atoms with van der Waals surface area (Å²) >= 11 is 1.47. The van der Waals surface area contributed by atoms with Crippen LogP contribution >= 0.6 is 0 Å². The number of hydrogen-bond acceptors (Lipinski definition) is 0. The first-order chi connectivity index (χ1) is 14.3. The number of halogens is 2. The molecule has 0 atom stereocenters. The van der Waals surface area contributed by atoms with Gasteiger partial charge >= 0.3 is 106 Å². The molecule has 0 bridgehead atoms. The summed E-state index contributed by atoms with van der Waals surface area (Å²) in [6, 6.07) is 33.8. The van der Waals surface area contributed by atoms with Crippen LogP contribution in [0.3, 0.4) is 0 Å². The van der Waals surface area contributed by atoms with E-state index in [-0.39, 0.29) is 24.8 Å². The fourth-order valence-electron chi connectivity index (χ4n) is 3.02. The zero-order valence-corrected chi connectivity index (χ0v) is 21.4. The van der Waals surface area contributed by atoms with Crippen molar-refractivity contribution in [2.24, 2.45) is 0 Å². The van der Waals surface area contributed by atoms with Gasteiger partial charge in [0.25, 0.3) is 0 Å². The van der Waals surface area contributed by atoms with Crippen molar-refractivity contribution >= 4 is 14.0 Å². The van der Waals surface area contributed by atoms with Crippen molar-refractivity contribution < 1.29 is 49.0 Å². The first kappa shape index (κ1) is 27.1. The van der Waals surface area contributed by atoms with Crippen LogP contribution in [-0.4, -0.2) is 3.21 Å². The third kappa shape index (κ3) is 8.62. The van der Waals surface area contributed by atoms with Crippen molar-refractivity contribution in [1.82, 2.24) is 0 Å². The Labute approximate surface area is 213 Å². The zero-order valence-electron chi connectivity index (χ0n) is 17.4. The number of allylic oxidation sites excluding steroid dienone is 4. The monoisotopic (exact) mass is 520 g/mol. The summed E-state index contributed by atoms with van der Waals surface area (Å²) in [6.07, 6.45) is 10.0. The summed E-state index contributed by atoms with van der Waals surface area (Å²) in [5.74, 6) is 0. The molecule has 0 amide bonds. The van der Waals surface area contributed by atoms with Gasteiger partial charge in [-0.1, -0.05) is 6.07 Å². The molecule has 0 aromatic heterocycles. The molecule has 0 heterocycles. The SMILES string of the molecule is Cc1ccccc1[C](=[Zr+2])c1ccccc1.[C-]1=CC=CC1.[Cl-].[Cl-].c1ccc2[cH-]ccc2c1. The molecular weight excluding hydrogens is 498 g/mol. The Morgan fingerprint density at radius 3 is 2.13 bits per heavy atom. The molecule has 0 radical (unpaired) electrons. The Morgan fingerprint density at radius 2 is 1.52 bits per heavy atom. The Bertz CT molecular complexity index is 1070. The molecule has 5 rings (SSSR count). The van der Waals surface area contributed by atoms with Crippen LogP contribution in [-0.2, 0) is 24.2 Å². The normalized spacial score (nSPS) is 10.7. The average Bonchev–Trinajstić information content (AvgIpc) is 3.50. The average molecular weight is 523 g/mol. The maximum Gasteiger partial charge on any atom is -0.0809 e. The van der Waals surface area contributed by atoms with Crippen molar-refractivity contribution in [2.45, 2.75) is 13.3 Å². The van der Waals surface area contributed by atoms with Gasteiger partial charge in [0.05, 0.1) is 0 Å². The van der Waals surface area contributed by atoms with Crippen LogP contribution in [0, 0.1) is 13.0 Å². The maximum atomic E-state index is 2.99. The van der Waals surface area contributed by atoms with Crippen molar-refractivity contribution in [1.29, 1.82) is 0 Å². The van der Waals surface area contributed by atoms with Gasteiger partial charge in [-0.3, -0.25) is 6.08 Å². The molecule has 156 valence electrons. The van der Waals surface area contributed by atoms with Crippen LogP contribution in [0.15, 0.2) is 115 Å². The molecule has 0 nitrogen and oxygen atoms in total. The minimum Gasteiger partial charge on any atom is -1.00 e. The summed E-state index contributed by atoms with van der Waals surface area (Å²) in [7, 11) is 0. The Kier molecular flexibility index (Phi) is 13.1. The molecule has 0 fully saturated rings. The van der Waals surface area contributed by atoms with E-state index >= 15 is 0 Å². The number of fused-ring (bicyclic) bond motifs is 1. The van der Waals surface area contributed by atoms with Crippen molar-refractivity contribution in [3.05, 3.63) is 138 Å². The van der Waals surface area contributed by atoms with Crippen molar-refractivity contribution in [3.8, 4) is 0 Å². The smallest absolute Gasteiger partial charge is 0.0809 e. The third-order valence-corrected chi connectivity index (χ3v) is 5.98. The van der Waals surface area contributed by atoms with E-state index in [1.165, 1.54) is 54.9 Å². The van der Waals surface area contributed by atoms with Crippen LogP contribution < -0.4 is 24.8 Å². The molecule has 0 unspecified atom stereocenters. The predicted molar refractivity (Wildman–Crippen MR) is 122 cm³/mol. The third-order valence-electron chi connectivity index (χ3n) is 4.61. The second-order valence-corrected chi connectivity index (χ2v) is 7.94. The van der Waals surface area contributed by atoms with Gasteiger partial charge < -0.3 is 24.8 Å². The molecule has 0 aliphatic heterocycles. The molecule has 31 heavy (non-hydrogen) atoms. The first-order valence-corrected chi connectivity index (χ1v) is 11.0. The Morgan fingerprint density at radius 1 is 0.839 bits per heavy atom. The van der Waals surface area contributed by atoms with E-state index in [4.69, 9.17) is 0 Å². The minimum atomic E-state index is 0. The fourth-order valence-corrected chi connectivity index (χ4v) is 4.12. The van der Waals surface area contributed by atoms with Gasteiger partial charge in [0.1, 0.15) is 0 Å². The minimum absolute atomic E-state index is 0. The molecule has 0 saturated heterocycles. The zero-order chi connectivity index (χ0) is 20.3. The molecule has 0 saturated carbocycles. The van der Waals surface area contributed by atoms with Gasteiger partial charge in [0, 0.05) is 0 Å². The number of aryl methyl sites for hydroxylation is 1. The molecule has 1 aliphatic rings. The van der Waals surface area contributed by atoms with E-state index in [1.807, 2.05) is 12.2 Å². The molecule has 0 N–H and O–H groups in total. The first-order valence-electron chi connectivity index (χ1n) is 9.78. The number of rotatable bonds is 2. The van der Waals surface area contributed by atoms with Gasteiger partial charge in [0.15, 0.2) is 0 Å². The van der Waals surface area contributed by atoms with Gasteiger partial charge in [0.2, 0.25) is 0 Å². The maximum absolute atomic E-state index is 2.99. The second-order valence-electron chi connectivity index (χ2n) is 6.71. The van der Waals surface area contributed by atoms with Crippen LogP contribution in [0.2, 0.25) is 0 Å². The topological polar surface area (TPSA) is 0 Å². The summed E-state index contributed by atoms with van der Waals surface area (Å²) in [5.41, 5.74) is 4.07. The Balaban J connectivity index is 0.000000255. The molecule has 3 heteroatoms. The van der Waals surface area contributed by atoms with Crippen LogP contribution in [0.1, 0.15) is 23.1 Å². The summed E-state index contributed by atoms with van der Waals surface area (Å²) < 4.78 is 1.43. The summed E-state index contributed by atoms with van der Waals surface area (Å²) in [5, 5.41) is 2.66. The van der Waals surface area contributed by atoms with Gasteiger partial charge in [-0.2, -0.15) is 23.6 Å². The summed E-state index contributed by atoms with van der Waals surface area (Å²) in [6.45, 7) is 2.17. The van der Waals surface area contributed by atoms with E-state index in [9.17, 15) is 0 Å². The van der Waals surface area contributed by atoms with E-state index < -0.39 is 0 Å².